The Morgan fingerprint density at radius 3 is 2.41 bits per heavy atom. The molecule has 1 rings (SSSR count). The summed E-state index contributed by atoms with van der Waals surface area (Å²) in [5.41, 5.74) is 5.19. The highest BCUT2D eigenvalue weighted by molar-refractivity contribution is 8.06. The van der Waals surface area contributed by atoms with E-state index in [2.05, 4.69) is 0 Å². The number of hydrogen-bond donors (Lipinski definition) is 1. The van der Waals surface area contributed by atoms with Crippen molar-refractivity contribution in [3.05, 3.63) is 30.3 Å². The van der Waals surface area contributed by atoms with Crippen molar-refractivity contribution in [1.29, 1.82) is 0 Å². The molecule has 0 aliphatic carbocycles. The highest BCUT2D eigenvalue weighted by Gasteiger charge is 2.23. The second-order valence-corrected chi connectivity index (χ2v) is 5.27. The first-order chi connectivity index (χ1) is 8.09. The van der Waals surface area contributed by atoms with Crippen molar-refractivity contribution in [1.82, 2.24) is 0 Å². The molecule has 94 valence electrons. The highest BCUT2D eigenvalue weighted by atomic mass is 32.2. The van der Waals surface area contributed by atoms with Gasteiger partial charge < -0.3 is 10.5 Å². The van der Waals surface area contributed by atoms with Crippen LogP contribution in [-0.2, 0) is 19.4 Å². The van der Waals surface area contributed by atoms with Gasteiger partial charge in [0.2, 0.25) is 9.84 Å². The fourth-order valence-corrected chi connectivity index (χ4v) is 2.34. The fraction of sp³-hybridized carbons (Fsp3) is 0.364. The third kappa shape index (κ3) is 3.92. The van der Waals surface area contributed by atoms with Crippen LogP contribution in [0.15, 0.2) is 35.2 Å². The summed E-state index contributed by atoms with van der Waals surface area (Å²) in [5, 5.41) is -0.833. The molecule has 0 aromatic heterocycles. The van der Waals surface area contributed by atoms with E-state index in [1.165, 1.54) is 12.1 Å². The van der Waals surface area contributed by atoms with E-state index in [-0.39, 0.29) is 17.9 Å². The first-order valence-corrected chi connectivity index (χ1v) is 6.68. The van der Waals surface area contributed by atoms with E-state index < -0.39 is 15.0 Å². The summed E-state index contributed by atoms with van der Waals surface area (Å²) in [6, 6.07) is 7.63. The molecule has 0 aliphatic heterocycles. The molecule has 0 saturated heterocycles. The van der Waals surface area contributed by atoms with Crippen molar-refractivity contribution in [2.24, 2.45) is 5.73 Å². The quantitative estimate of drug-likeness (QED) is 0.743. The van der Waals surface area contributed by atoms with Crippen molar-refractivity contribution in [3.63, 3.8) is 0 Å². The topological polar surface area (TPSA) is 86.5 Å². The van der Waals surface area contributed by atoms with Gasteiger partial charge in [0, 0.05) is 13.0 Å². The normalized spacial score (nSPS) is 11.4. The minimum atomic E-state index is -3.88. The van der Waals surface area contributed by atoms with Crippen LogP contribution in [-0.4, -0.2) is 33.3 Å². The van der Waals surface area contributed by atoms with Crippen molar-refractivity contribution in [2.45, 2.75) is 11.3 Å². The van der Waals surface area contributed by atoms with Crippen LogP contribution in [0.1, 0.15) is 6.42 Å². The lowest BCUT2D eigenvalue weighted by Crippen LogP contribution is -2.18. The molecule has 6 heteroatoms. The Kier molecular flexibility index (Phi) is 5.27. The van der Waals surface area contributed by atoms with Crippen LogP contribution in [0.3, 0.4) is 0 Å². The summed E-state index contributed by atoms with van der Waals surface area (Å²) in [6.07, 6.45) is -0.156. The summed E-state index contributed by atoms with van der Waals surface area (Å²) >= 11 is 0. The Bertz CT molecular complexity index is 456. The summed E-state index contributed by atoms with van der Waals surface area (Å²) in [7, 11) is -3.88. The Hall–Kier alpha value is -1.24. The third-order valence-corrected chi connectivity index (χ3v) is 3.76. The Labute approximate surface area is 100 Å². The van der Waals surface area contributed by atoms with Crippen molar-refractivity contribution in [2.75, 3.05) is 19.8 Å². The summed E-state index contributed by atoms with van der Waals surface area (Å²) in [6.45, 7) is 0.736. The number of carbonyl (C=O) groups excluding carboxylic acids is 1. The van der Waals surface area contributed by atoms with E-state index in [9.17, 15) is 13.2 Å². The third-order valence-electron chi connectivity index (χ3n) is 2.07. The first kappa shape index (κ1) is 13.8. The molecule has 17 heavy (non-hydrogen) atoms. The fourth-order valence-electron chi connectivity index (χ4n) is 1.21. The maximum absolute atomic E-state index is 11.8. The first-order valence-electron chi connectivity index (χ1n) is 5.20. The van der Waals surface area contributed by atoms with Crippen molar-refractivity contribution < 1.29 is 17.9 Å². The van der Waals surface area contributed by atoms with E-state index in [0.29, 0.717) is 13.2 Å². The monoisotopic (exact) mass is 257 g/mol. The summed E-state index contributed by atoms with van der Waals surface area (Å²) in [5.74, 6) is 0. The van der Waals surface area contributed by atoms with Crippen molar-refractivity contribution in [3.8, 4) is 0 Å². The molecule has 1 aromatic carbocycles. The SMILES string of the molecule is NCCOCCC(=O)S(=O)(=O)c1ccccc1. The predicted octanol–water partition coefficient (Wildman–Crippen LogP) is 0.352. The second-order valence-electron chi connectivity index (χ2n) is 3.34. The van der Waals surface area contributed by atoms with Crippen LogP contribution in [0.2, 0.25) is 0 Å². The van der Waals surface area contributed by atoms with Gasteiger partial charge in [-0.15, -0.1) is 0 Å². The van der Waals surface area contributed by atoms with E-state index in [1.807, 2.05) is 0 Å². The average molecular weight is 257 g/mol. The highest BCUT2D eigenvalue weighted by Crippen LogP contribution is 2.12. The number of nitrogens with two attached hydrogens (primary N) is 1. The van der Waals surface area contributed by atoms with Gasteiger partial charge in [-0.2, -0.15) is 0 Å². The number of ether oxygens (including phenoxy) is 1. The van der Waals surface area contributed by atoms with Gasteiger partial charge >= 0.3 is 0 Å². The molecule has 0 spiro atoms. The van der Waals surface area contributed by atoms with E-state index >= 15 is 0 Å². The maximum atomic E-state index is 11.8. The van der Waals surface area contributed by atoms with Gasteiger partial charge in [0.15, 0.2) is 0 Å². The van der Waals surface area contributed by atoms with Gasteiger partial charge in [-0.25, -0.2) is 8.42 Å². The van der Waals surface area contributed by atoms with Gasteiger partial charge in [0.1, 0.15) is 0 Å². The zero-order valence-electron chi connectivity index (χ0n) is 9.33. The predicted molar refractivity (Wildman–Crippen MR) is 63.1 cm³/mol. The Morgan fingerprint density at radius 1 is 1.18 bits per heavy atom. The molecular weight excluding hydrogens is 242 g/mol. The number of benzene rings is 1. The molecule has 0 atom stereocenters. The number of rotatable bonds is 6. The molecule has 5 nitrogen and oxygen atoms in total. The van der Waals surface area contributed by atoms with E-state index in [1.54, 1.807) is 18.2 Å². The van der Waals surface area contributed by atoms with Crippen molar-refractivity contribution >= 4 is 15.0 Å². The van der Waals surface area contributed by atoms with Gasteiger partial charge in [0.25, 0.3) is 5.12 Å². The Morgan fingerprint density at radius 2 is 1.82 bits per heavy atom. The van der Waals surface area contributed by atoms with Crippen LogP contribution in [0.25, 0.3) is 0 Å². The van der Waals surface area contributed by atoms with Crippen LogP contribution >= 0.6 is 0 Å². The molecule has 0 amide bonds. The van der Waals surface area contributed by atoms with E-state index in [0.717, 1.165) is 0 Å². The zero-order valence-corrected chi connectivity index (χ0v) is 10.2. The molecule has 0 unspecified atom stereocenters. The molecule has 1 aromatic rings. The van der Waals surface area contributed by atoms with Crippen LogP contribution in [0.5, 0.6) is 0 Å². The Balaban J connectivity index is 2.62. The lowest BCUT2D eigenvalue weighted by atomic mass is 10.4. The lowest BCUT2D eigenvalue weighted by Gasteiger charge is -2.04. The van der Waals surface area contributed by atoms with Gasteiger partial charge in [-0.1, -0.05) is 18.2 Å². The molecule has 0 bridgehead atoms. The molecule has 0 heterocycles. The molecule has 0 radical (unpaired) electrons. The standard InChI is InChI=1S/C11H15NO4S/c12-7-9-16-8-6-11(13)17(14,15)10-4-2-1-3-5-10/h1-5H,6-9,12H2. The summed E-state index contributed by atoms with van der Waals surface area (Å²) in [4.78, 5) is 11.5. The van der Waals surface area contributed by atoms with Gasteiger partial charge in [-0.3, -0.25) is 4.79 Å². The van der Waals surface area contributed by atoms with Gasteiger partial charge in [0.05, 0.1) is 18.1 Å². The minimum Gasteiger partial charge on any atom is -0.380 e. The number of hydrogen-bond acceptors (Lipinski definition) is 5. The van der Waals surface area contributed by atoms with Crippen LogP contribution in [0.4, 0.5) is 0 Å². The molecule has 0 aliphatic rings. The van der Waals surface area contributed by atoms with Crippen LogP contribution < -0.4 is 5.73 Å². The number of sulfone groups is 1. The van der Waals surface area contributed by atoms with Gasteiger partial charge in [-0.05, 0) is 12.1 Å². The smallest absolute Gasteiger partial charge is 0.253 e. The van der Waals surface area contributed by atoms with E-state index in [4.69, 9.17) is 10.5 Å². The lowest BCUT2D eigenvalue weighted by molar-refractivity contribution is -0.112. The second kappa shape index (κ2) is 6.48. The maximum Gasteiger partial charge on any atom is 0.253 e. The summed E-state index contributed by atoms with van der Waals surface area (Å²) < 4.78 is 28.5. The zero-order chi connectivity index (χ0) is 12.7. The molecule has 2 N–H and O–H groups in total. The molecule has 0 saturated carbocycles. The van der Waals surface area contributed by atoms with Crippen LogP contribution in [0, 0.1) is 0 Å². The number of carbonyl (C=O) groups is 1. The molecular formula is C11H15NO4S. The largest absolute Gasteiger partial charge is 0.380 e. The average Bonchev–Trinajstić information content (AvgIpc) is 2.35. The molecule has 0 fully saturated rings. The minimum absolute atomic E-state index is 0.0174.